The van der Waals surface area contributed by atoms with Gasteiger partial charge in [0.15, 0.2) is 0 Å². The molecule has 1 unspecified atom stereocenters. The molecule has 0 saturated heterocycles. The maximum Gasteiger partial charge on any atom is 0.318 e. The number of nitrogens with one attached hydrogen (secondary N) is 1. The van der Waals surface area contributed by atoms with E-state index in [9.17, 15) is 9.59 Å². The molecule has 0 aliphatic heterocycles. The van der Waals surface area contributed by atoms with Crippen molar-refractivity contribution in [3.8, 4) is 0 Å². The van der Waals surface area contributed by atoms with Crippen molar-refractivity contribution in [3.05, 3.63) is 35.9 Å². The molecule has 110 valence electrons. The second-order valence-corrected chi connectivity index (χ2v) is 4.58. The van der Waals surface area contributed by atoms with E-state index in [2.05, 4.69) is 5.32 Å². The summed E-state index contributed by atoms with van der Waals surface area (Å²) in [5, 5.41) is 20.3. The molecule has 1 rings (SSSR count). The first-order valence-electron chi connectivity index (χ1n) is 6.45. The molecule has 2 amide bonds. The number of carbonyl (C=O) groups excluding carboxylic acids is 1. The molecule has 0 fully saturated rings. The van der Waals surface area contributed by atoms with Crippen LogP contribution in [0.4, 0.5) is 4.79 Å². The molecule has 0 aromatic heterocycles. The summed E-state index contributed by atoms with van der Waals surface area (Å²) >= 11 is 0. The Labute approximate surface area is 118 Å². The molecule has 1 aromatic rings. The number of amides is 2. The second-order valence-electron chi connectivity index (χ2n) is 4.58. The van der Waals surface area contributed by atoms with E-state index >= 15 is 0 Å². The summed E-state index contributed by atoms with van der Waals surface area (Å²) in [6.45, 7) is 2.05. The number of urea groups is 1. The highest BCUT2D eigenvalue weighted by atomic mass is 16.4. The molecule has 6 nitrogen and oxygen atoms in total. The van der Waals surface area contributed by atoms with Crippen LogP contribution < -0.4 is 5.32 Å². The number of hydrogen-bond acceptors (Lipinski definition) is 3. The summed E-state index contributed by atoms with van der Waals surface area (Å²) in [5.41, 5.74) is 0.946. The van der Waals surface area contributed by atoms with Crippen LogP contribution in [0.1, 0.15) is 18.9 Å². The molecule has 0 spiro atoms. The normalized spacial score (nSPS) is 11.7. The van der Waals surface area contributed by atoms with Gasteiger partial charge in [0.2, 0.25) is 0 Å². The number of carboxylic acids is 1. The minimum absolute atomic E-state index is 0.135. The van der Waals surface area contributed by atoms with Gasteiger partial charge in [0.1, 0.15) is 0 Å². The molecule has 0 aliphatic rings. The van der Waals surface area contributed by atoms with Gasteiger partial charge in [-0.1, -0.05) is 30.3 Å². The second kappa shape index (κ2) is 8.16. The Morgan fingerprint density at radius 2 is 1.95 bits per heavy atom. The predicted octanol–water partition coefficient (Wildman–Crippen LogP) is 1.05. The first-order valence-corrected chi connectivity index (χ1v) is 6.45. The van der Waals surface area contributed by atoms with E-state index in [0.29, 0.717) is 6.54 Å². The van der Waals surface area contributed by atoms with Crippen LogP contribution in [0.3, 0.4) is 0 Å². The molecular weight excluding hydrogens is 260 g/mol. The third-order valence-corrected chi connectivity index (χ3v) is 2.72. The maximum absolute atomic E-state index is 12.0. The smallest absolute Gasteiger partial charge is 0.318 e. The lowest BCUT2D eigenvalue weighted by molar-refractivity contribution is -0.137. The third-order valence-electron chi connectivity index (χ3n) is 2.72. The van der Waals surface area contributed by atoms with Crippen molar-refractivity contribution >= 4 is 12.0 Å². The number of aliphatic hydroxyl groups excluding tert-OH is 1. The maximum atomic E-state index is 12.0. The van der Waals surface area contributed by atoms with Crippen molar-refractivity contribution in [2.75, 3.05) is 13.2 Å². The van der Waals surface area contributed by atoms with Crippen LogP contribution in [0.5, 0.6) is 0 Å². The minimum Gasteiger partial charge on any atom is -0.481 e. The quantitative estimate of drug-likeness (QED) is 0.696. The lowest BCUT2D eigenvalue weighted by atomic mass is 10.2. The summed E-state index contributed by atoms with van der Waals surface area (Å²) in [6.07, 6.45) is -0.135. The zero-order valence-corrected chi connectivity index (χ0v) is 11.5. The zero-order chi connectivity index (χ0) is 15.0. The number of benzene rings is 1. The predicted molar refractivity (Wildman–Crippen MR) is 74.2 cm³/mol. The van der Waals surface area contributed by atoms with Crippen molar-refractivity contribution in [3.63, 3.8) is 0 Å². The Morgan fingerprint density at radius 3 is 2.50 bits per heavy atom. The van der Waals surface area contributed by atoms with Crippen LogP contribution in [0.25, 0.3) is 0 Å². The van der Waals surface area contributed by atoms with Crippen molar-refractivity contribution < 1.29 is 19.8 Å². The van der Waals surface area contributed by atoms with E-state index in [0.717, 1.165) is 5.56 Å². The van der Waals surface area contributed by atoms with Gasteiger partial charge < -0.3 is 20.4 Å². The Hall–Kier alpha value is -2.08. The lowest BCUT2D eigenvalue weighted by Crippen LogP contribution is -2.45. The number of carboxylic acid groups (broad SMARTS) is 1. The highest BCUT2D eigenvalue weighted by molar-refractivity contribution is 5.75. The molecule has 0 heterocycles. The van der Waals surface area contributed by atoms with Crippen LogP contribution >= 0.6 is 0 Å². The van der Waals surface area contributed by atoms with Crippen molar-refractivity contribution in [2.24, 2.45) is 0 Å². The van der Waals surface area contributed by atoms with E-state index in [1.165, 1.54) is 4.90 Å². The van der Waals surface area contributed by atoms with E-state index in [1.807, 2.05) is 30.3 Å². The highest BCUT2D eigenvalue weighted by Gasteiger charge is 2.17. The zero-order valence-electron chi connectivity index (χ0n) is 11.5. The standard InChI is InChI=1S/C14H20N2O4/c1-11(9-13(18)19)15-14(20)16(7-8-17)10-12-5-3-2-4-6-12/h2-6,11,17H,7-10H2,1H3,(H,15,20)(H,18,19). The average molecular weight is 280 g/mol. The van der Waals surface area contributed by atoms with Crippen molar-refractivity contribution in [1.82, 2.24) is 10.2 Å². The van der Waals surface area contributed by atoms with Gasteiger partial charge in [-0.2, -0.15) is 0 Å². The van der Waals surface area contributed by atoms with E-state index in [4.69, 9.17) is 10.2 Å². The first kappa shape index (κ1) is 16.0. The Morgan fingerprint density at radius 1 is 1.30 bits per heavy atom. The number of hydrogen-bond donors (Lipinski definition) is 3. The van der Waals surface area contributed by atoms with Gasteiger partial charge in [0.25, 0.3) is 0 Å². The monoisotopic (exact) mass is 280 g/mol. The molecule has 0 radical (unpaired) electrons. The van der Waals surface area contributed by atoms with Gasteiger partial charge >= 0.3 is 12.0 Å². The van der Waals surface area contributed by atoms with E-state index in [-0.39, 0.29) is 25.6 Å². The Bertz CT molecular complexity index is 436. The lowest BCUT2D eigenvalue weighted by Gasteiger charge is -2.24. The molecule has 6 heteroatoms. The summed E-state index contributed by atoms with van der Waals surface area (Å²) in [4.78, 5) is 24.1. The van der Waals surface area contributed by atoms with Gasteiger partial charge in [0, 0.05) is 19.1 Å². The van der Waals surface area contributed by atoms with Crippen LogP contribution in [-0.2, 0) is 11.3 Å². The highest BCUT2D eigenvalue weighted by Crippen LogP contribution is 2.05. The molecule has 20 heavy (non-hydrogen) atoms. The molecule has 0 saturated carbocycles. The minimum atomic E-state index is -0.963. The van der Waals surface area contributed by atoms with Crippen LogP contribution in [0.2, 0.25) is 0 Å². The fraction of sp³-hybridized carbons (Fsp3) is 0.429. The van der Waals surface area contributed by atoms with E-state index < -0.39 is 12.0 Å². The molecule has 0 bridgehead atoms. The fourth-order valence-electron chi connectivity index (χ4n) is 1.79. The van der Waals surface area contributed by atoms with Gasteiger partial charge in [0.05, 0.1) is 13.0 Å². The molecule has 0 aliphatic carbocycles. The molecule has 1 aromatic carbocycles. The van der Waals surface area contributed by atoms with Gasteiger partial charge in [-0.05, 0) is 12.5 Å². The van der Waals surface area contributed by atoms with Crippen molar-refractivity contribution in [2.45, 2.75) is 25.9 Å². The topological polar surface area (TPSA) is 89.9 Å². The van der Waals surface area contributed by atoms with Gasteiger partial charge in [-0.25, -0.2) is 4.79 Å². The molecular formula is C14H20N2O4. The summed E-state index contributed by atoms with van der Waals surface area (Å²) in [5.74, 6) is -0.963. The third kappa shape index (κ3) is 5.71. The Balaban J connectivity index is 2.60. The molecule has 3 N–H and O–H groups in total. The number of carbonyl (C=O) groups is 2. The summed E-state index contributed by atoms with van der Waals surface area (Å²) in [7, 11) is 0. The van der Waals surface area contributed by atoms with Crippen molar-refractivity contribution in [1.29, 1.82) is 0 Å². The Kier molecular flexibility index (Phi) is 6.52. The van der Waals surface area contributed by atoms with Crippen LogP contribution in [-0.4, -0.2) is 46.3 Å². The van der Waals surface area contributed by atoms with E-state index in [1.54, 1.807) is 6.92 Å². The fourth-order valence-corrected chi connectivity index (χ4v) is 1.79. The number of nitrogens with zero attached hydrogens (tertiary/aromatic N) is 1. The number of aliphatic carboxylic acids is 1. The van der Waals surface area contributed by atoms with Gasteiger partial charge in [-0.15, -0.1) is 0 Å². The first-order chi connectivity index (χ1) is 9.52. The van der Waals surface area contributed by atoms with Gasteiger partial charge in [-0.3, -0.25) is 4.79 Å². The largest absolute Gasteiger partial charge is 0.481 e. The number of rotatable bonds is 7. The summed E-state index contributed by atoms with van der Waals surface area (Å²) in [6, 6.07) is 8.56. The number of aliphatic hydroxyl groups is 1. The molecule has 1 atom stereocenters. The van der Waals surface area contributed by atoms with Crippen LogP contribution in [0, 0.1) is 0 Å². The average Bonchev–Trinajstić information content (AvgIpc) is 2.38. The van der Waals surface area contributed by atoms with Crippen LogP contribution in [0.15, 0.2) is 30.3 Å². The summed E-state index contributed by atoms with van der Waals surface area (Å²) < 4.78 is 0. The SMILES string of the molecule is CC(CC(=O)O)NC(=O)N(CCO)Cc1ccccc1.